The molecule has 0 aliphatic carbocycles. The Morgan fingerprint density at radius 3 is 2.67 bits per heavy atom. The van der Waals surface area contributed by atoms with E-state index in [-0.39, 0.29) is 12.3 Å². The van der Waals surface area contributed by atoms with Crippen molar-refractivity contribution in [2.45, 2.75) is 25.7 Å². The van der Waals surface area contributed by atoms with Crippen LogP contribution >= 0.6 is 0 Å². The van der Waals surface area contributed by atoms with E-state index in [1.807, 2.05) is 24.3 Å². The number of nitrogens with zero attached hydrogens (tertiary/aromatic N) is 1. The lowest BCUT2D eigenvalue weighted by molar-refractivity contribution is 0.0691. The van der Waals surface area contributed by atoms with Crippen LogP contribution in [0, 0.1) is 0 Å². The number of carbonyl (C=O) groups is 1. The van der Waals surface area contributed by atoms with Crippen LogP contribution in [0.5, 0.6) is 0 Å². The summed E-state index contributed by atoms with van der Waals surface area (Å²) in [5.74, 6) is -0.403. The van der Waals surface area contributed by atoms with Crippen LogP contribution in [0.2, 0.25) is 0 Å². The average Bonchev–Trinajstić information content (AvgIpc) is 2.50. The highest BCUT2D eigenvalue weighted by molar-refractivity contribution is 5.97. The maximum atomic E-state index is 11.1. The minimum Gasteiger partial charge on any atom is -0.477 e. The van der Waals surface area contributed by atoms with Gasteiger partial charge in [0.15, 0.2) is 5.69 Å². The first-order chi connectivity index (χ1) is 10.2. The number of rotatable bonds is 8. The molecule has 0 spiro atoms. The molecule has 0 aliphatic heterocycles. The Morgan fingerprint density at radius 1 is 1.14 bits per heavy atom. The van der Waals surface area contributed by atoms with Gasteiger partial charge in [0.25, 0.3) is 0 Å². The zero-order valence-corrected chi connectivity index (χ0v) is 11.9. The predicted molar refractivity (Wildman–Crippen MR) is 82.7 cm³/mol. The van der Waals surface area contributed by atoms with Gasteiger partial charge in [-0.3, -0.25) is 0 Å². The van der Waals surface area contributed by atoms with Gasteiger partial charge in [-0.05, 0) is 24.3 Å². The van der Waals surface area contributed by atoms with Gasteiger partial charge in [0, 0.05) is 18.5 Å². The summed E-state index contributed by atoms with van der Waals surface area (Å²) in [4.78, 5) is 15.3. The maximum Gasteiger partial charge on any atom is 0.354 e. The Morgan fingerprint density at radius 2 is 1.90 bits per heavy atom. The lowest BCUT2D eigenvalue weighted by Gasteiger charge is -2.10. The number of aromatic carboxylic acids is 1. The molecule has 0 unspecified atom stereocenters. The smallest absolute Gasteiger partial charge is 0.354 e. The van der Waals surface area contributed by atoms with Crippen LogP contribution in [0.15, 0.2) is 30.3 Å². The van der Waals surface area contributed by atoms with E-state index in [9.17, 15) is 4.79 Å². The van der Waals surface area contributed by atoms with Crippen molar-refractivity contribution in [1.29, 1.82) is 0 Å². The van der Waals surface area contributed by atoms with Gasteiger partial charge in [-0.15, -0.1) is 0 Å². The zero-order chi connectivity index (χ0) is 15.1. The van der Waals surface area contributed by atoms with Crippen LogP contribution in [-0.4, -0.2) is 34.3 Å². The summed E-state index contributed by atoms with van der Waals surface area (Å²) in [7, 11) is 0. The van der Waals surface area contributed by atoms with Crippen molar-refractivity contribution in [3.63, 3.8) is 0 Å². The molecule has 2 aromatic rings. The summed E-state index contributed by atoms with van der Waals surface area (Å²) in [5, 5.41) is 22.9. The van der Waals surface area contributed by atoms with E-state index in [2.05, 4.69) is 10.3 Å². The second-order valence-corrected chi connectivity index (χ2v) is 4.95. The number of unbranched alkanes of at least 4 members (excludes halogenated alkanes) is 3. The fourth-order valence-electron chi connectivity index (χ4n) is 2.24. The quantitative estimate of drug-likeness (QED) is 0.651. The van der Waals surface area contributed by atoms with Crippen molar-refractivity contribution < 1.29 is 15.0 Å². The average molecular weight is 288 g/mol. The van der Waals surface area contributed by atoms with Crippen LogP contribution in [0.25, 0.3) is 10.8 Å². The summed E-state index contributed by atoms with van der Waals surface area (Å²) in [6.45, 7) is 0.978. The Labute approximate surface area is 123 Å². The molecular formula is C16H20N2O3. The summed E-state index contributed by atoms with van der Waals surface area (Å²) in [6.07, 6.45) is 3.83. The highest BCUT2D eigenvalue weighted by Gasteiger charge is 2.10. The number of benzene rings is 1. The van der Waals surface area contributed by atoms with E-state index in [1.165, 1.54) is 0 Å². The molecule has 0 saturated heterocycles. The largest absolute Gasteiger partial charge is 0.477 e. The molecular weight excluding hydrogens is 268 g/mol. The lowest BCUT2D eigenvalue weighted by Crippen LogP contribution is -2.08. The summed E-state index contributed by atoms with van der Waals surface area (Å²) in [6, 6.07) is 9.20. The third-order valence-corrected chi connectivity index (χ3v) is 3.34. The first-order valence-electron chi connectivity index (χ1n) is 7.20. The van der Waals surface area contributed by atoms with E-state index >= 15 is 0 Å². The molecule has 0 saturated carbocycles. The third-order valence-electron chi connectivity index (χ3n) is 3.34. The second-order valence-electron chi connectivity index (χ2n) is 4.95. The molecule has 21 heavy (non-hydrogen) atoms. The number of aromatic nitrogens is 1. The summed E-state index contributed by atoms with van der Waals surface area (Å²) >= 11 is 0. The minimum atomic E-state index is -1.02. The van der Waals surface area contributed by atoms with E-state index in [0.29, 0.717) is 5.82 Å². The number of hydrogen-bond donors (Lipinski definition) is 3. The van der Waals surface area contributed by atoms with Crippen LogP contribution in [0.1, 0.15) is 36.2 Å². The fraction of sp³-hybridized carbons (Fsp3) is 0.375. The third kappa shape index (κ3) is 4.16. The van der Waals surface area contributed by atoms with Gasteiger partial charge in [0.2, 0.25) is 0 Å². The molecule has 5 nitrogen and oxygen atoms in total. The number of aliphatic hydroxyl groups excluding tert-OH is 1. The number of nitrogens with one attached hydrogen (secondary N) is 1. The van der Waals surface area contributed by atoms with Gasteiger partial charge in [-0.25, -0.2) is 9.78 Å². The van der Waals surface area contributed by atoms with E-state index in [0.717, 1.165) is 43.0 Å². The molecule has 0 aliphatic rings. The first kappa shape index (κ1) is 15.3. The number of carboxylic acid groups (broad SMARTS) is 1. The van der Waals surface area contributed by atoms with Crippen LogP contribution < -0.4 is 5.32 Å². The molecule has 3 N–H and O–H groups in total. The van der Waals surface area contributed by atoms with Gasteiger partial charge in [0.1, 0.15) is 5.82 Å². The van der Waals surface area contributed by atoms with Gasteiger partial charge in [0.05, 0.1) is 0 Å². The standard InChI is InChI=1S/C16H20N2O3/c19-10-6-2-1-5-9-17-15-13-8-4-3-7-12(13)11-14(18-15)16(20)21/h3-4,7-8,11,19H,1-2,5-6,9-10H2,(H,17,18)(H,20,21). The number of aliphatic hydroxyl groups is 1. The maximum absolute atomic E-state index is 11.1. The molecule has 1 aromatic carbocycles. The fourth-order valence-corrected chi connectivity index (χ4v) is 2.24. The Hall–Kier alpha value is -2.14. The van der Waals surface area contributed by atoms with E-state index in [1.54, 1.807) is 6.07 Å². The molecule has 0 bridgehead atoms. The number of pyridine rings is 1. The first-order valence-corrected chi connectivity index (χ1v) is 7.20. The van der Waals surface area contributed by atoms with E-state index < -0.39 is 5.97 Å². The van der Waals surface area contributed by atoms with Crippen molar-refractivity contribution in [2.24, 2.45) is 0 Å². The SMILES string of the molecule is O=C(O)c1cc2ccccc2c(NCCCCCCO)n1. The van der Waals surface area contributed by atoms with Crippen molar-refractivity contribution in [3.8, 4) is 0 Å². The van der Waals surface area contributed by atoms with Gasteiger partial charge < -0.3 is 15.5 Å². The molecule has 0 radical (unpaired) electrons. The number of carboxylic acids is 1. The van der Waals surface area contributed by atoms with Crippen molar-refractivity contribution in [3.05, 3.63) is 36.0 Å². The van der Waals surface area contributed by atoms with Crippen molar-refractivity contribution in [2.75, 3.05) is 18.5 Å². The molecule has 0 atom stereocenters. The Bertz CT molecular complexity index is 613. The number of fused-ring (bicyclic) bond motifs is 1. The molecule has 0 fully saturated rings. The molecule has 0 amide bonds. The van der Waals surface area contributed by atoms with Crippen LogP contribution in [-0.2, 0) is 0 Å². The molecule has 5 heteroatoms. The minimum absolute atomic E-state index is 0.0523. The second kappa shape index (κ2) is 7.59. The normalized spacial score (nSPS) is 10.7. The lowest BCUT2D eigenvalue weighted by atomic mass is 10.1. The highest BCUT2D eigenvalue weighted by Crippen LogP contribution is 2.22. The van der Waals surface area contributed by atoms with Crippen molar-refractivity contribution >= 4 is 22.6 Å². The van der Waals surface area contributed by atoms with Gasteiger partial charge in [-0.2, -0.15) is 0 Å². The van der Waals surface area contributed by atoms with Gasteiger partial charge in [-0.1, -0.05) is 37.1 Å². The molecule has 112 valence electrons. The van der Waals surface area contributed by atoms with Crippen molar-refractivity contribution in [1.82, 2.24) is 4.98 Å². The van der Waals surface area contributed by atoms with Gasteiger partial charge >= 0.3 is 5.97 Å². The van der Waals surface area contributed by atoms with E-state index in [4.69, 9.17) is 10.2 Å². The van der Waals surface area contributed by atoms with Crippen LogP contribution in [0.4, 0.5) is 5.82 Å². The monoisotopic (exact) mass is 288 g/mol. The zero-order valence-electron chi connectivity index (χ0n) is 11.9. The highest BCUT2D eigenvalue weighted by atomic mass is 16.4. The molecule has 2 rings (SSSR count). The summed E-state index contributed by atoms with van der Waals surface area (Å²) < 4.78 is 0. The Balaban J connectivity index is 2.08. The predicted octanol–water partition coefficient (Wildman–Crippen LogP) is 2.90. The Kier molecular flexibility index (Phi) is 5.51. The summed E-state index contributed by atoms with van der Waals surface area (Å²) in [5.41, 5.74) is 0.0523. The molecule has 1 heterocycles. The van der Waals surface area contributed by atoms with Crippen LogP contribution in [0.3, 0.4) is 0 Å². The topological polar surface area (TPSA) is 82.5 Å². The number of anilines is 1. The molecule has 1 aromatic heterocycles. The number of hydrogen-bond acceptors (Lipinski definition) is 4.